The number of hydrogen-bond acceptors (Lipinski definition) is 5. The summed E-state index contributed by atoms with van der Waals surface area (Å²) in [6.07, 6.45) is 0.417. The largest absolute Gasteiger partial charge is 0.394 e. The SMILES string of the molecule is CC1(C)[C@H]2CCC3=C(C(=O)C[C@@](C)([C@H](O)CO)[C@H]3O)[C@]2(C)CC[C@@H]1O. The summed E-state index contributed by atoms with van der Waals surface area (Å²) in [5.41, 5.74) is -0.185. The molecule has 5 nitrogen and oxygen atoms in total. The normalized spacial score (nSPS) is 45.0. The number of hydrogen-bond donors (Lipinski definition) is 4. The smallest absolute Gasteiger partial charge is 0.160 e. The fourth-order valence-electron chi connectivity index (χ4n) is 6.03. The minimum absolute atomic E-state index is 0.0188. The predicted octanol–water partition coefficient (Wildman–Crippen LogP) is 1.57. The molecule has 6 atom stereocenters. The number of allylic oxidation sites excluding steroid dienone is 1. The Bertz CT molecular complexity index is 609. The fourth-order valence-corrected chi connectivity index (χ4v) is 6.03. The lowest BCUT2D eigenvalue weighted by Crippen LogP contribution is -2.58. The minimum Gasteiger partial charge on any atom is -0.394 e. The first-order chi connectivity index (χ1) is 11.5. The molecule has 0 unspecified atom stereocenters. The number of fused-ring (bicyclic) bond motifs is 2. The molecule has 3 rings (SSSR count). The van der Waals surface area contributed by atoms with Crippen LogP contribution in [0.3, 0.4) is 0 Å². The van der Waals surface area contributed by atoms with E-state index in [-0.39, 0.29) is 35.1 Å². The van der Waals surface area contributed by atoms with Crippen LogP contribution in [0.5, 0.6) is 0 Å². The van der Waals surface area contributed by atoms with Crippen LogP contribution in [0.1, 0.15) is 59.8 Å². The van der Waals surface area contributed by atoms with E-state index in [4.69, 9.17) is 0 Å². The van der Waals surface area contributed by atoms with E-state index >= 15 is 0 Å². The van der Waals surface area contributed by atoms with Gasteiger partial charge in [-0.25, -0.2) is 0 Å². The molecule has 0 saturated heterocycles. The monoisotopic (exact) mass is 352 g/mol. The van der Waals surface area contributed by atoms with Crippen LogP contribution in [-0.4, -0.2) is 51.1 Å². The molecule has 25 heavy (non-hydrogen) atoms. The number of Topliss-reactive ketones (excluding diaryl/α,β-unsaturated/α-hetero) is 1. The molecular weight excluding hydrogens is 320 g/mol. The van der Waals surface area contributed by atoms with Gasteiger partial charge in [-0.3, -0.25) is 4.79 Å². The summed E-state index contributed by atoms with van der Waals surface area (Å²) in [7, 11) is 0. The van der Waals surface area contributed by atoms with E-state index in [1.165, 1.54) is 0 Å². The van der Waals surface area contributed by atoms with Crippen molar-refractivity contribution in [3.8, 4) is 0 Å². The summed E-state index contributed by atoms with van der Waals surface area (Å²) in [4.78, 5) is 13.1. The van der Waals surface area contributed by atoms with Crippen LogP contribution >= 0.6 is 0 Å². The van der Waals surface area contributed by atoms with Crippen molar-refractivity contribution in [3.05, 3.63) is 11.1 Å². The molecule has 4 N–H and O–H groups in total. The Morgan fingerprint density at radius 2 is 1.80 bits per heavy atom. The van der Waals surface area contributed by atoms with Gasteiger partial charge in [-0.05, 0) is 48.0 Å². The highest BCUT2D eigenvalue weighted by atomic mass is 16.3. The van der Waals surface area contributed by atoms with Gasteiger partial charge in [0.05, 0.1) is 24.9 Å². The molecule has 1 fully saturated rings. The summed E-state index contributed by atoms with van der Waals surface area (Å²) >= 11 is 0. The Kier molecular flexibility index (Phi) is 4.47. The third-order valence-corrected chi connectivity index (χ3v) is 7.77. The number of aliphatic hydroxyl groups is 4. The zero-order valence-corrected chi connectivity index (χ0v) is 15.7. The van der Waals surface area contributed by atoms with Gasteiger partial charge in [0.1, 0.15) is 0 Å². The van der Waals surface area contributed by atoms with E-state index < -0.39 is 24.2 Å². The number of carbonyl (C=O) groups is 1. The van der Waals surface area contributed by atoms with E-state index in [0.717, 1.165) is 24.0 Å². The molecule has 0 amide bonds. The van der Waals surface area contributed by atoms with Crippen molar-refractivity contribution >= 4 is 5.78 Å². The molecule has 3 aliphatic rings. The van der Waals surface area contributed by atoms with Crippen LogP contribution < -0.4 is 0 Å². The average Bonchev–Trinajstić information content (AvgIpc) is 2.55. The van der Waals surface area contributed by atoms with E-state index in [2.05, 4.69) is 20.8 Å². The minimum atomic E-state index is -1.13. The Morgan fingerprint density at radius 3 is 2.40 bits per heavy atom. The second-order valence-electron chi connectivity index (χ2n) is 9.49. The van der Waals surface area contributed by atoms with Gasteiger partial charge in [0.2, 0.25) is 0 Å². The van der Waals surface area contributed by atoms with Gasteiger partial charge in [-0.15, -0.1) is 0 Å². The van der Waals surface area contributed by atoms with Crippen LogP contribution in [0.25, 0.3) is 0 Å². The first-order valence-corrected chi connectivity index (χ1v) is 9.42. The second-order valence-corrected chi connectivity index (χ2v) is 9.49. The van der Waals surface area contributed by atoms with Crippen molar-refractivity contribution in [1.29, 1.82) is 0 Å². The van der Waals surface area contributed by atoms with Crippen molar-refractivity contribution in [2.24, 2.45) is 22.2 Å². The Labute approximate surface area is 149 Å². The van der Waals surface area contributed by atoms with Gasteiger partial charge in [0.15, 0.2) is 5.78 Å². The Hall–Kier alpha value is -0.750. The standard InChI is InChI=1S/C20H32O5/c1-18(2)13-6-5-11-16(19(13,3)8-7-14(18)23)12(22)9-20(4,17(11)25)15(24)10-21/h13-15,17,21,23-25H,5-10H2,1-4H3/t13-,14+,15-,17+,19-,20+/m1/s1. The summed E-state index contributed by atoms with van der Waals surface area (Å²) < 4.78 is 0. The van der Waals surface area contributed by atoms with Gasteiger partial charge in [-0.1, -0.05) is 27.7 Å². The lowest BCUT2D eigenvalue weighted by atomic mass is 9.46. The summed E-state index contributed by atoms with van der Waals surface area (Å²) in [6.45, 7) is 7.48. The quantitative estimate of drug-likeness (QED) is 0.605. The Balaban J connectivity index is 2.09. The predicted molar refractivity (Wildman–Crippen MR) is 93.7 cm³/mol. The zero-order chi connectivity index (χ0) is 18.8. The highest BCUT2D eigenvalue weighted by molar-refractivity contribution is 5.99. The van der Waals surface area contributed by atoms with Gasteiger partial charge in [0, 0.05) is 17.4 Å². The Morgan fingerprint density at radius 1 is 1.16 bits per heavy atom. The molecule has 0 aliphatic heterocycles. The van der Waals surface area contributed by atoms with Crippen LogP contribution in [0.2, 0.25) is 0 Å². The van der Waals surface area contributed by atoms with E-state index in [9.17, 15) is 25.2 Å². The van der Waals surface area contributed by atoms with Gasteiger partial charge in [-0.2, -0.15) is 0 Å². The number of ketones is 1. The van der Waals surface area contributed by atoms with E-state index in [1.54, 1.807) is 6.92 Å². The van der Waals surface area contributed by atoms with E-state index in [0.29, 0.717) is 12.8 Å². The van der Waals surface area contributed by atoms with Crippen molar-refractivity contribution < 1.29 is 25.2 Å². The molecule has 0 aromatic rings. The summed E-state index contributed by atoms with van der Waals surface area (Å²) in [5.74, 6) is 0.167. The van der Waals surface area contributed by atoms with Gasteiger partial charge in [0.25, 0.3) is 0 Å². The highest BCUT2D eigenvalue weighted by Gasteiger charge is 2.59. The van der Waals surface area contributed by atoms with E-state index in [1.807, 2.05) is 0 Å². The van der Waals surface area contributed by atoms with Crippen molar-refractivity contribution in [1.82, 2.24) is 0 Å². The molecule has 142 valence electrons. The maximum Gasteiger partial charge on any atom is 0.160 e. The lowest BCUT2D eigenvalue weighted by molar-refractivity contribution is -0.138. The van der Waals surface area contributed by atoms with Gasteiger partial charge >= 0.3 is 0 Å². The molecule has 0 bridgehead atoms. The molecule has 1 saturated carbocycles. The molecule has 3 aliphatic carbocycles. The zero-order valence-electron chi connectivity index (χ0n) is 15.7. The molecule has 0 spiro atoms. The topological polar surface area (TPSA) is 98.0 Å². The molecular formula is C20H32O5. The maximum absolute atomic E-state index is 13.1. The van der Waals surface area contributed by atoms with Crippen molar-refractivity contribution in [2.45, 2.75) is 78.1 Å². The van der Waals surface area contributed by atoms with Crippen LogP contribution in [0.15, 0.2) is 11.1 Å². The molecule has 0 heterocycles. The number of rotatable bonds is 2. The number of aliphatic hydroxyl groups excluding tert-OH is 4. The summed E-state index contributed by atoms with van der Waals surface area (Å²) in [5, 5.41) is 41.1. The first kappa shape index (κ1) is 19.0. The van der Waals surface area contributed by atoms with Crippen molar-refractivity contribution in [3.63, 3.8) is 0 Å². The average molecular weight is 352 g/mol. The second kappa shape index (κ2) is 5.88. The summed E-state index contributed by atoms with van der Waals surface area (Å²) in [6, 6.07) is 0. The van der Waals surface area contributed by atoms with Crippen molar-refractivity contribution in [2.75, 3.05) is 6.61 Å². The number of carbonyl (C=O) groups excluding carboxylic acids is 1. The van der Waals surface area contributed by atoms with Crippen LogP contribution in [0, 0.1) is 22.2 Å². The van der Waals surface area contributed by atoms with Crippen LogP contribution in [-0.2, 0) is 4.79 Å². The van der Waals surface area contributed by atoms with Gasteiger partial charge < -0.3 is 20.4 Å². The molecule has 0 aromatic heterocycles. The molecule has 0 aromatic carbocycles. The fraction of sp³-hybridized carbons (Fsp3) is 0.850. The third-order valence-electron chi connectivity index (χ3n) is 7.77. The first-order valence-electron chi connectivity index (χ1n) is 9.42. The molecule has 5 heteroatoms. The third kappa shape index (κ3) is 2.47. The molecule has 0 radical (unpaired) electrons. The lowest BCUT2D eigenvalue weighted by Gasteiger charge is -2.58. The highest BCUT2D eigenvalue weighted by Crippen LogP contribution is 2.62. The maximum atomic E-state index is 13.1. The van der Waals surface area contributed by atoms with Crippen LogP contribution in [0.4, 0.5) is 0 Å².